The number of hydrogen-bond acceptors (Lipinski definition) is 9. The second-order valence-electron chi connectivity index (χ2n) is 9.77. The highest BCUT2D eigenvalue weighted by Crippen LogP contribution is 2.35. The fourth-order valence-electron chi connectivity index (χ4n) is 4.86. The van der Waals surface area contributed by atoms with Gasteiger partial charge in [-0.1, -0.05) is 6.07 Å². The Morgan fingerprint density at radius 3 is 2.51 bits per heavy atom. The van der Waals surface area contributed by atoms with Gasteiger partial charge < -0.3 is 39.3 Å². The summed E-state index contributed by atoms with van der Waals surface area (Å²) in [5, 5.41) is 20.0. The molecule has 0 spiro atoms. The van der Waals surface area contributed by atoms with E-state index in [4.69, 9.17) is 18.9 Å². The molecule has 1 aliphatic rings. The van der Waals surface area contributed by atoms with E-state index in [1.165, 1.54) is 7.11 Å². The highest BCUT2D eigenvalue weighted by molar-refractivity contribution is 5.95. The minimum Gasteiger partial charge on any atom is -0.497 e. The molecule has 1 aliphatic heterocycles. The summed E-state index contributed by atoms with van der Waals surface area (Å²) in [5.41, 5.74) is 7.88. The van der Waals surface area contributed by atoms with Crippen molar-refractivity contribution in [3.8, 4) is 22.9 Å². The first-order valence-corrected chi connectivity index (χ1v) is 13.7. The number of aliphatic hydroxyl groups is 1. The average molecular weight is 592 g/mol. The second-order valence-corrected chi connectivity index (χ2v) is 9.77. The third kappa shape index (κ3) is 7.09. The van der Waals surface area contributed by atoms with E-state index in [9.17, 15) is 14.7 Å². The van der Waals surface area contributed by atoms with Gasteiger partial charge in [0.15, 0.2) is 17.7 Å². The standard InChI is InChI=1S/C31H37N5O7/c1-7-42-26-15-21(29-28(30(38)41-6)19(3)33-31(39)34-29)8-13-25(26)43-17-27(37)35-32-16-22-14-18(2)36(20(22)4)23-9-11-24(40-5)12-10-23/h8-16,27,29,35,37H,7,17H2,1-6H3,(H2,33,34,39)/b32-16-/t27-,29-/m0/s1. The Hall–Kier alpha value is -4.97. The van der Waals surface area contributed by atoms with Crippen LogP contribution < -0.4 is 30.3 Å². The number of urea groups is 1. The number of aryl methyl sites for hydroxylation is 1. The minimum atomic E-state index is -1.12. The van der Waals surface area contributed by atoms with Crippen molar-refractivity contribution in [2.75, 3.05) is 27.4 Å². The molecule has 0 fully saturated rings. The van der Waals surface area contributed by atoms with Crippen molar-refractivity contribution < 1.29 is 33.6 Å². The molecule has 0 saturated heterocycles. The van der Waals surface area contributed by atoms with Crippen molar-refractivity contribution in [1.29, 1.82) is 0 Å². The molecule has 43 heavy (non-hydrogen) atoms. The van der Waals surface area contributed by atoms with E-state index >= 15 is 0 Å². The monoisotopic (exact) mass is 591 g/mol. The van der Waals surface area contributed by atoms with Gasteiger partial charge in [-0.2, -0.15) is 5.10 Å². The van der Waals surface area contributed by atoms with E-state index in [1.54, 1.807) is 38.4 Å². The quantitative estimate of drug-likeness (QED) is 0.108. The van der Waals surface area contributed by atoms with Gasteiger partial charge in [0.2, 0.25) is 0 Å². The molecule has 228 valence electrons. The molecule has 3 aromatic rings. The van der Waals surface area contributed by atoms with Crippen LogP contribution in [0.2, 0.25) is 0 Å². The van der Waals surface area contributed by atoms with Gasteiger partial charge in [0, 0.05) is 28.3 Å². The van der Waals surface area contributed by atoms with Crippen LogP contribution in [-0.2, 0) is 9.53 Å². The lowest BCUT2D eigenvalue weighted by atomic mass is 9.95. The normalized spacial score (nSPS) is 15.5. The maximum absolute atomic E-state index is 12.4. The Morgan fingerprint density at radius 2 is 1.84 bits per heavy atom. The summed E-state index contributed by atoms with van der Waals surface area (Å²) in [5.74, 6) is 0.981. The summed E-state index contributed by atoms with van der Waals surface area (Å²) >= 11 is 0. The molecule has 2 atom stereocenters. The number of esters is 1. The molecule has 2 aromatic carbocycles. The van der Waals surface area contributed by atoms with Gasteiger partial charge in [0.25, 0.3) is 0 Å². The fraction of sp³-hybridized carbons (Fsp3) is 0.323. The third-order valence-corrected chi connectivity index (χ3v) is 6.90. The van der Waals surface area contributed by atoms with E-state index in [0.29, 0.717) is 29.4 Å². The zero-order chi connectivity index (χ0) is 31.1. The SMILES string of the molecule is CCOc1cc([C@@H]2NC(=O)NC(C)=C2C(=O)OC)ccc1OC[C@H](O)N/N=C\c1cc(C)n(-c2ccc(OC)cc2)c1C. The van der Waals surface area contributed by atoms with E-state index in [-0.39, 0.29) is 12.2 Å². The Morgan fingerprint density at radius 1 is 1.09 bits per heavy atom. The van der Waals surface area contributed by atoms with Crippen LogP contribution in [0.3, 0.4) is 0 Å². The van der Waals surface area contributed by atoms with Crippen molar-refractivity contribution in [3.63, 3.8) is 0 Å². The van der Waals surface area contributed by atoms with E-state index in [1.807, 2.05) is 51.1 Å². The molecule has 0 aliphatic carbocycles. The van der Waals surface area contributed by atoms with Crippen LogP contribution in [0, 0.1) is 13.8 Å². The summed E-state index contributed by atoms with van der Waals surface area (Å²) in [6.45, 7) is 7.68. The second kappa shape index (κ2) is 13.8. The molecule has 2 heterocycles. The lowest BCUT2D eigenvalue weighted by molar-refractivity contribution is -0.136. The number of benzene rings is 2. The molecule has 4 N–H and O–H groups in total. The number of nitrogens with one attached hydrogen (secondary N) is 3. The predicted molar refractivity (Wildman–Crippen MR) is 161 cm³/mol. The van der Waals surface area contributed by atoms with Gasteiger partial charge in [-0.25, -0.2) is 9.59 Å². The Labute approximate surface area is 250 Å². The Balaban J connectivity index is 1.42. The number of hydrogen-bond donors (Lipinski definition) is 4. The van der Waals surface area contributed by atoms with Crippen LogP contribution in [0.15, 0.2) is 64.9 Å². The first-order valence-electron chi connectivity index (χ1n) is 13.7. The molecule has 4 rings (SSSR count). The zero-order valence-electron chi connectivity index (χ0n) is 25.1. The average Bonchev–Trinajstić information content (AvgIpc) is 3.28. The molecule has 2 amide bonds. The lowest BCUT2D eigenvalue weighted by Gasteiger charge is -2.28. The maximum atomic E-state index is 12.4. The number of methoxy groups -OCH3 is 2. The van der Waals surface area contributed by atoms with Crippen LogP contribution in [-0.4, -0.2) is 61.5 Å². The van der Waals surface area contributed by atoms with Crippen LogP contribution >= 0.6 is 0 Å². The number of rotatable bonds is 12. The van der Waals surface area contributed by atoms with Crippen LogP contribution in [0.1, 0.15) is 42.4 Å². The molecule has 0 unspecified atom stereocenters. The molecule has 12 heteroatoms. The number of ether oxygens (including phenoxy) is 4. The molecule has 0 saturated carbocycles. The largest absolute Gasteiger partial charge is 0.497 e. The third-order valence-electron chi connectivity index (χ3n) is 6.90. The van der Waals surface area contributed by atoms with Crippen molar-refractivity contribution >= 4 is 18.2 Å². The first-order chi connectivity index (χ1) is 20.7. The predicted octanol–water partition coefficient (Wildman–Crippen LogP) is 3.62. The summed E-state index contributed by atoms with van der Waals surface area (Å²) in [6.07, 6.45) is 0.531. The molecule has 0 radical (unpaired) electrons. The van der Waals surface area contributed by atoms with E-state index in [2.05, 4.69) is 25.7 Å². The van der Waals surface area contributed by atoms with Crippen molar-refractivity contribution in [1.82, 2.24) is 20.6 Å². The number of amides is 2. The lowest BCUT2D eigenvalue weighted by Crippen LogP contribution is -2.45. The zero-order valence-corrected chi connectivity index (χ0v) is 25.1. The summed E-state index contributed by atoms with van der Waals surface area (Å²) in [4.78, 5) is 24.6. The molecular weight excluding hydrogens is 554 g/mol. The van der Waals surface area contributed by atoms with Crippen molar-refractivity contribution in [2.45, 2.75) is 40.0 Å². The smallest absolute Gasteiger partial charge is 0.337 e. The summed E-state index contributed by atoms with van der Waals surface area (Å²) in [7, 11) is 2.91. The van der Waals surface area contributed by atoms with Crippen molar-refractivity contribution in [2.24, 2.45) is 5.10 Å². The molecule has 1 aromatic heterocycles. The van der Waals surface area contributed by atoms with Crippen LogP contribution in [0.5, 0.6) is 17.2 Å². The molecule has 12 nitrogen and oxygen atoms in total. The number of aliphatic hydroxyl groups excluding tert-OH is 1. The molecular formula is C31H37N5O7. The van der Waals surface area contributed by atoms with Crippen LogP contribution in [0.4, 0.5) is 4.79 Å². The summed E-state index contributed by atoms with van der Waals surface area (Å²) < 4.78 is 23.9. The van der Waals surface area contributed by atoms with Crippen LogP contribution in [0.25, 0.3) is 5.69 Å². The number of nitrogens with zero attached hydrogens (tertiary/aromatic N) is 2. The van der Waals surface area contributed by atoms with Gasteiger partial charge in [0.05, 0.1) is 38.7 Å². The highest BCUT2D eigenvalue weighted by Gasteiger charge is 2.32. The van der Waals surface area contributed by atoms with E-state index < -0.39 is 24.3 Å². The fourth-order valence-corrected chi connectivity index (χ4v) is 4.86. The van der Waals surface area contributed by atoms with Gasteiger partial charge >= 0.3 is 12.0 Å². The van der Waals surface area contributed by atoms with Gasteiger partial charge in [-0.15, -0.1) is 0 Å². The van der Waals surface area contributed by atoms with Gasteiger partial charge in [-0.05, 0) is 75.7 Å². The number of aromatic nitrogens is 1. The number of carbonyl (C=O) groups is 2. The number of allylic oxidation sites excluding steroid dienone is 1. The minimum absolute atomic E-state index is 0.127. The topological polar surface area (TPSA) is 145 Å². The maximum Gasteiger partial charge on any atom is 0.337 e. The summed E-state index contributed by atoms with van der Waals surface area (Å²) in [6, 6.07) is 13.7. The Bertz CT molecular complexity index is 1530. The first kappa shape index (κ1) is 31.0. The molecule has 0 bridgehead atoms. The van der Waals surface area contributed by atoms with Gasteiger partial charge in [-0.3, -0.25) is 5.43 Å². The number of hydrazone groups is 1. The Kier molecular flexibility index (Phi) is 9.94. The van der Waals surface area contributed by atoms with Gasteiger partial charge in [0.1, 0.15) is 12.4 Å². The van der Waals surface area contributed by atoms with Crippen molar-refractivity contribution in [3.05, 3.63) is 82.3 Å². The highest BCUT2D eigenvalue weighted by atomic mass is 16.5. The number of carbonyl (C=O) groups excluding carboxylic acids is 2. The van der Waals surface area contributed by atoms with E-state index in [0.717, 1.165) is 28.4 Å².